The minimum absolute atomic E-state index is 0.796. The first-order chi connectivity index (χ1) is 13.1. The Morgan fingerprint density at radius 2 is 2.07 bits per heavy atom. The number of rotatable bonds is 5. The summed E-state index contributed by atoms with van der Waals surface area (Å²) in [6.07, 6.45) is 7.26. The molecule has 0 fully saturated rings. The van der Waals surface area contributed by atoms with E-state index in [0.29, 0.717) is 0 Å². The van der Waals surface area contributed by atoms with Crippen molar-refractivity contribution in [2.24, 2.45) is 5.84 Å². The number of nitrogens with zero attached hydrogens (tertiary/aromatic N) is 3. The van der Waals surface area contributed by atoms with E-state index in [1.54, 1.807) is 0 Å². The van der Waals surface area contributed by atoms with Gasteiger partial charge in [-0.1, -0.05) is 36.9 Å². The van der Waals surface area contributed by atoms with E-state index in [1.165, 1.54) is 22.1 Å². The highest BCUT2D eigenvalue weighted by atomic mass is 15.4. The van der Waals surface area contributed by atoms with Gasteiger partial charge >= 0.3 is 0 Å². The number of benzene rings is 1. The summed E-state index contributed by atoms with van der Waals surface area (Å²) in [6, 6.07) is 12.9. The number of hydrogen-bond acceptors (Lipinski definition) is 4. The van der Waals surface area contributed by atoms with Gasteiger partial charge in [-0.2, -0.15) is 0 Å². The van der Waals surface area contributed by atoms with Crippen LogP contribution in [0.3, 0.4) is 0 Å². The number of aromatic nitrogens is 2. The first-order valence-electron chi connectivity index (χ1n) is 9.24. The number of hydrazine groups is 1. The van der Waals surface area contributed by atoms with Gasteiger partial charge in [0.15, 0.2) is 0 Å². The van der Waals surface area contributed by atoms with E-state index >= 15 is 0 Å². The van der Waals surface area contributed by atoms with Crippen molar-refractivity contribution in [3.05, 3.63) is 78.1 Å². The first-order valence-corrected chi connectivity index (χ1v) is 9.24. The number of nitrogens with one attached hydrogen (secondary N) is 1. The number of pyridine rings is 1. The van der Waals surface area contributed by atoms with Gasteiger partial charge in [0.05, 0.1) is 0 Å². The van der Waals surface area contributed by atoms with E-state index in [9.17, 15) is 0 Å². The fraction of sp³-hybridized carbons (Fsp3) is 0.227. The Kier molecular flexibility index (Phi) is 4.79. The number of fused-ring (bicyclic) bond motifs is 1. The van der Waals surface area contributed by atoms with Crippen LogP contribution in [0.25, 0.3) is 22.3 Å². The molecule has 1 aliphatic heterocycles. The zero-order valence-corrected chi connectivity index (χ0v) is 15.7. The summed E-state index contributed by atoms with van der Waals surface area (Å²) in [5.74, 6) is 5.84. The van der Waals surface area contributed by atoms with Gasteiger partial charge in [-0.25, -0.2) is 9.99 Å². The highest BCUT2D eigenvalue weighted by Gasteiger charge is 2.12. The Labute approximate surface area is 159 Å². The van der Waals surface area contributed by atoms with Gasteiger partial charge in [0.25, 0.3) is 0 Å². The van der Waals surface area contributed by atoms with Crippen LogP contribution in [0.1, 0.15) is 23.1 Å². The molecule has 0 saturated carbocycles. The van der Waals surface area contributed by atoms with Crippen LogP contribution >= 0.6 is 0 Å². The third kappa shape index (κ3) is 3.65. The standard InChI is InChI=1S/C22H25N5/c1-16(24-2)18-5-3-17(4-6-18)15-26-10-7-20-13-21(14-25-22(20)26)19-8-11-27(23)12-9-19/h3-8,10,13-14,24H,1,9,11-12,15,23H2,2H3. The maximum absolute atomic E-state index is 5.84. The lowest BCUT2D eigenvalue weighted by molar-refractivity contribution is 0.314. The zero-order chi connectivity index (χ0) is 18.8. The second kappa shape index (κ2) is 7.39. The smallest absolute Gasteiger partial charge is 0.140 e. The summed E-state index contributed by atoms with van der Waals surface area (Å²) in [4.78, 5) is 4.74. The molecule has 3 aromatic rings. The molecule has 2 aromatic heterocycles. The second-order valence-electron chi connectivity index (χ2n) is 6.98. The fourth-order valence-electron chi connectivity index (χ4n) is 3.48. The molecule has 0 radical (unpaired) electrons. The maximum Gasteiger partial charge on any atom is 0.140 e. The topological polar surface area (TPSA) is 59.1 Å². The van der Waals surface area contributed by atoms with Crippen LogP contribution < -0.4 is 11.2 Å². The zero-order valence-electron chi connectivity index (χ0n) is 15.7. The Morgan fingerprint density at radius 3 is 2.78 bits per heavy atom. The van der Waals surface area contributed by atoms with Crippen molar-refractivity contribution < 1.29 is 0 Å². The summed E-state index contributed by atoms with van der Waals surface area (Å²) < 4.78 is 2.19. The molecule has 1 aliphatic rings. The molecular weight excluding hydrogens is 334 g/mol. The minimum Gasteiger partial charge on any atom is -0.388 e. The summed E-state index contributed by atoms with van der Waals surface area (Å²) in [6.45, 7) is 6.48. The van der Waals surface area contributed by atoms with Crippen LogP contribution in [0.5, 0.6) is 0 Å². The Morgan fingerprint density at radius 1 is 1.26 bits per heavy atom. The van der Waals surface area contributed by atoms with E-state index in [2.05, 4.69) is 65.1 Å². The molecule has 0 unspecified atom stereocenters. The predicted molar refractivity (Wildman–Crippen MR) is 112 cm³/mol. The quantitative estimate of drug-likeness (QED) is 0.687. The van der Waals surface area contributed by atoms with Crippen molar-refractivity contribution in [1.29, 1.82) is 0 Å². The van der Waals surface area contributed by atoms with Gasteiger partial charge in [-0.3, -0.25) is 5.84 Å². The van der Waals surface area contributed by atoms with Crippen LogP contribution in [-0.4, -0.2) is 34.7 Å². The molecule has 3 heterocycles. The molecule has 0 aliphatic carbocycles. The highest BCUT2D eigenvalue weighted by Crippen LogP contribution is 2.25. The Bertz CT molecular complexity index is 997. The van der Waals surface area contributed by atoms with Crippen LogP contribution in [0.2, 0.25) is 0 Å². The second-order valence-corrected chi connectivity index (χ2v) is 6.98. The largest absolute Gasteiger partial charge is 0.388 e. The molecule has 0 spiro atoms. The summed E-state index contributed by atoms with van der Waals surface area (Å²) in [5, 5.41) is 6.09. The average Bonchev–Trinajstić information content (AvgIpc) is 3.10. The van der Waals surface area contributed by atoms with Gasteiger partial charge in [0.1, 0.15) is 5.65 Å². The van der Waals surface area contributed by atoms with Crippen LogP contribution in [0, 0.1) is 0 Å². The highest BCUT2D eigenvalue weighted by molar-refractivity contribution is 5.81. The molecule has 5 heteroatoms. The van der Waals surface area contributed by atoms with Gasteiger partial charge in [0, 0.05) is 50.2 Å². The van der Waals surface area contributed by atoms with Crippen molar-refractivity contribution in [2.45, 2.75) is 13.0 Å². The lowest BCUT2D eigenvalue weighted by atomic mass is 10.0. The molecule has 0 atom stereocenters. The molecule has 5 nitrogen and oxygen atoms in total. The van der Waals surface area contributed by atoms with Crippen molar-refractivity contribution in [3.8, 4) is 0 Å². The van der Waals surface area contributed by atoms with Crippen LogP contribution in [0.4, 0.5) is 0 Å². The first kappa shape index (κ1) is 17.5. The van der Waals surface area contributed by atoms with Crippen LogP contribution in [-0.2, 0) is 6.54 Å². The lowest BCUT2D eigenvalue weighted by Gasteiger charge is -2.21. The van der Waals surface area contributed by atoms with Gasteiger partial charge in [-0.15, -0.1) is 0 Å². The fourth-order valence-corrected chi connectivity index (χ4v) is 3.48. The van der Waals surface area contributed by atoms with E-state index in [-0.39, 0.29) is 0 Å². The summed E-state index contributed by atoms with van der Waals surface area (Å²) >= 11 is 0. The predicted octanol–water partition coefficient (Wildman–Crippen LogP) is 3.24. The summed E-state index contributed by atoms with van der Waals surface area (Å²) in [5.41, 5.74) is 6.82. The SMILES string of the molecule is C=C(NC)c1ccc(Cn2ccc3cc(C4=CCN(N)CC4)cnc32)cc1. The van der Waals surface area contributed by atoms with Crippen molar-refractivity contribution in [3.63, 3.8) is 0 Å². The monoisotopic (exact) mass is 359 g/mol. The molecule has 0 amide bonds. The van der Waals surface area contributed by atoms with Gasteiger partial charge < -0.3 is 9.88 Å². The van der Waals surface area contributed by atoms with Gasteiger partial charge in [-0.05, 0) is 40.8 Å². The summed E-state index contributed by atoms with van der Waals surface area (Å²) in [7, 11) is 1.89. The van der Waals surface area contributed by atoms with E-state index in [4.69, 9.17) is 10.8 Å². The Balaban J connectivity index is 1.56. The molecule has 27 heavy (non-hydrogen) atoms. The Hall–Kier alpha value is -2.89. The average molecular weight is 359 g/mol. The van der Waals surface area contributed by atoms with Crippen LogP contribution in [0.15, 0.2) is 61.4 Å². The molecule has 138 valence electrons. The van der Waals surface area contributed by atoms with E-state index in [0.717, 1.165) is 43.0 Å². The molecule has 1 aromatic carbocycles. The van der Waals surface area contributed by atoms with Crippen molar-refractivity contribution >= 4 is 22.3 Å². The number of nitrogens with two attached hydrogens (primary N) is 1. The normalized spacial score (nSPS) is 15.0. The molecule has 0 bridgehead atoms. The molecule has 4 rings (SSSR count). The molecular formula is C22H25N5. The third-order valence-electron chi connectivity index (χ3n) is 5.17. The van der Waals surface area contributed by atoms with Crippen molar-refractivity contribution in [2.75, 3.05) is 20.1 Å². The molecule has 0 saturated heterocycles. The maximum atomic E-state index is 5.84. The minimum atomic E-state index is 0.796. The number of hydrogen-bond donors (Lipinski definition) is 2. The van der Waals surface area contributed by atoms with E-state index < -0.39 is 0 Å². The van der Waals surface area contributed by atoms with E-state index in [1.807, 2.05) is 18.3 Å². The van der Waals surface area contributed by atoms with Crippen molar-refractivity contribution in [1.82, 2.24) is 19.9 Å². The lowest BCUT2D eigenvalue weighted by Crippen LogP contribution is -2.34. The van der Waals surface area contributed by atoms with Gasteiger partial charge in [0.2, 0.25) is 0 Å². The molecule has 3 N–H and O–H groups in total. The third-order valence-corrected chi connectivity index (χ3v) is 5.17.